The van der Waals surface area contributed by atoms with E-state index in [0.717, 1.165) is 31.5 Å². The lowest BCUT2D eigenvalue weighted by Crippen LogP contribution is -2.30. The molecule has 21 heavy (non-hydrogen) atoms. The summed E-state index contributed by atoms with van der Waals surface area (Å²) in [5.41, 5.74) is 1.65. The molecule has 0 bridgehead atoms. The second-order valence-corrected chi connectivity index (χ2v) is 5.94. The number of hydrogen-bond acceptors (Lipinski definition) is 2. The Bertz CT molecular complexity index is 445. The number of aliphatic hydroxyl groups excluding tert-OH is 1. The van der Waals surface area contributed by atoms with E-state index in [4.69, 9.17) is 0 Å². The van der Waals surface area contributed by atoms with Crippen LogP contribution in [-0.2, 0) is 0 Å². The quantitative estimate of drug-likeness (QED) is 0.896. The molecule has 0 saturated heterocycles. The number of amides is 1. The van der Waals surface area contributed by atoms with E-state index in [9.17, 15) is 9.90 Å². The van der Waals surface area contributed by atoms with Crippen LogP contribution in [0.3, 0.4) is 0 Å². The van der Waals surface area contributed by atoms with E-state index in [1.54, 1.807) is 0 Å². The molecule has 1 aromatic rings. The van der Waals surface area contributed by atoms with Gasteiger partial charge in [-0.05, 0) is 50.3 Å². The topological polar surface area (TPSA) is 40.5 Å². The zero-order valence-electron chi connectivity index (χ0n) is 13.2. The van der Waals surface area contributed by atoms with E-state index < -0.39 is 0 Å². The fourth-order valence-corrected chi connectivity index (χ4v) is 3.24. The summed E-state index contributed by atoms with van der Waals surface area (Å²) in [6.07, 6.45) is 5.58. The van der Waals surface area contributed by atoms with Gasteiger partial charge in [-0.25, -0.2) is 0 Å². The van der Waals surface area contributed by atoms with Gasteiger partial charge in [-0.3, -0.25) is 4.79 Å². The van der Waals surface area contributed by atoms with Gasteiger partial charge in [0.05, 0.1) is 6.10 Å². The van der Waals surface area contributed by atoms with Gasteiger partial charge in [0, 0.05) is 18.7 Å². The zero-order valence-corrected chi connectivity index (χ0v) is 13.2. The lowest BCUT2D eigenvalue weighted by Gasteiger charge is -2.27. The average molecular weight is 289 g/mol. The van der Waals surface area contributed by atoms with E-state index in [2.05, 4.69) is 0 Å². The molecule has 0 heterocycles. The summed E-state index contributed by atoms with van der Waals surface area (Å²) >= 11 is 0. The lowest BCUT2D eigenvalue weighted by molar-refractivity contribution is 0.0770. The van der Waals surface area contributed by atoms with Gasteiger partial charge in [-0.2, -0.15) is 0 Å². The Hall–Kier alpha value is -1.35. The van der Waals surface area contributed by atoms with Crippen molar-refractivity contribution >= 4 is 5.91 Å². The summed E-state index contributed by atoms with van der Waals surface area (Å²) in [7, 11) is 0. The van der Waals surface area contributed by atoms with Crippen molar-refractivity contribution < 1.29 is 9.90 Å². The Morgan fingerprint density at radius 2 is 1.71 bits per heavy atom. The van der Waals surface area contributed by atoms with Gasteiger partial charge in [0.1, 0.15) is 0 Å². The van der Waals surface area contributed by atoms with Crippen LogP contribution in [0.25, 0.3) is 0 Å². The molecular formula is C18H27NO2. The number of aliphatic hydroxyl groups is 1. The van der Waals surface area contributed by atoms with Gasteiger partial charge in [0.15, 0.2) is 0 Å². The maximum atomic E-state index is 12.3. The highest BCUT2D eigenvalue weighted by Gasteiger charge is 2.23. The maximum absolute atomic E-state index is 12.3. The predicted molar refractivity (Wildman–Crippen MR) is 85.2 cm³/mol. The molecule has 1 fully saturated rings. The van der Waals surface area contributed by atoms with Gasteiger partial charge in [-0.15, -0.1) is 0 Å². The molecule has 0 aliphatic heterocycles. The number of nitrogens with zero attached hydrogens (tertiary/aromatic N) is 1. The van der Waals surface area contributed by atoms with Gasteiger partial charge in [-0.1, -0.05) is 31.4 Å². The minimum Gasteiger partial charge on any atom is -0.388 e. The second-order valence-electron chi connectivity index (χ2n) is 5.94. The van der Waals surface area contributed by atoms with Crippen LogP contribution in [0.15, 0.2) is 24.3 Å². The largest absolute Gasteiger partial charge is 0.388 e. The summed E-state index contributed by atoms with van der Waals surface area (Å²) in [5, 5.41) is 10.5. The highest BCUT2D eigenvalue weighted by atomic mass is 16.3. The van der Waals surface area contributed by atoms with E-state index in [0.29, 0.717) is 11.5 Å². The summed E-state index contributed by atoms with van der Waals surface area (Å²) in [6.45, 7) is 5.43. The first-order chi connectivity index (χ1) is 10.2. The van der Waals surface area contributed by atoms with Crippen molar-refractivity contribution in [2.24, 2.45) is 5.92 Å². The Morgan fingerprint density at radius 3 is 2.24 bits per heavy atom. The summed E-state index contributed by atoms with van der Waals surface area (Å²) < 4.78 is 0. The molecule has 1 atom stereocenters. The number of benzene rings is 1. The number of carbonyl (C=O) groups is 1. The van der Waals surface area contributed by atoms with Crippen LogP contribution in [0, 0.1) is 5.92 Å². The van der Waals surface area contributed by atoms with E-state index in [-0.39, 0.29) is 12.0 Å². The Labute approximate surface area is 128 Å². The molecule has 116 valence electrons. The third-order valence-corrected chi connectivity index (χ3v) is 4.65. The van der Waals surface area contributed by atoms with Crippen molar-refractivity contribution in [3.63, 3.8) is 0 Å². The zero-order chi connectivity index (χ0) is 15.2. The Balaban J connectivity index is 2.05. The molecule has 1 aliphatic rings. The molecule has 0 spiro atoms. The van der Waals surface area contributed by atoms with E-state index in [1.807, 2.05) is 43.0 Å². The minimum absolute atomic E-state index is 0.0682. The van der Waals surface area contributed by atoms with Gasteiger partial charge >= 0.3 is 0 Å². The number of hydrogen-bond donors (Lipinski definition) is 1. The molecule has 2 rings (SSSR count). The van der Waals surface area contributed by atoms with Crippen LogP contribution in [0.5, 0.6) is 0 Å². The Kier molecular flexibility index (Phi) is 5.80. The number of carbonyl (C=O) groups excluding carboxylic acids is 1. The highest BCUT2D eigenvalue weighted by Crippen LogP contribution is 2.34. The molecule has 0 unspecified atom stereocenters. The normalized spacial score (nSPS) is 17.5. The summed E-state index contributed by atoms with van der Waals surface area (Å²) in [4.78, 5) is 14.1. The highest BCUT2D eigenvalue weighted by molar-refractivity contribution is 5.94. The molecule has 1 aromatic carbocycles. The van der Waals surface area contributed by atoms with Crippen LogP contribution >= 0.6 is 0 Å². The van der Waals surface area contributed by atoms with Crippen molar-refractivity contribution in [2.75, 3.05) is 13.1 Å². The average Bonchev–Trinajstić information content (AvgIpc) is 2.56. The van der Waals surface area contributed by atoms with Crippen molar-refractivity contribution in [1.29, 1.82) is 0 Å². The van der Waals surface area contributed by atoms with Crippen LogP contribution in [0.1, 0.15) is 68.0 Å². The van der Waals surface area contributed by atoms with Crippen LogP contribution in [0.2, 0.25) is 0 Å². The predicted octanol–water partition coefficient (Wildman–Crippen LogP) is 3.78. The smallest absolute Gasteiger partial charge is 0.253 e. The standard InChI is InChI=1S/C18H27NO2/c1-3-19(4-2)18(21)16-12-10-15(11-13-16)17(20)14-8-6-5-7-9-14/h10-14,17,20H,3-9H2,1-2H3/t17-/m1/s1. The second kappa shape index (κ2) is 7.60. The third-order valence-electron chi connectivity index (χ3n) is 4.65. The van der Waals surface area contributed by atoms with Crippen LogP contribution < -0.4 is 0 Å². The first-order valence-corrected chi connectivity index (χ1v) is 8.24. The SMILES string of the molecule is CCN(CC)C(=O)c1ccc([C@H](O)C2CCCCC2)cc1. The minimum atomic E-state index is -0.386. The Morgan fingerprint density at radius 1 is 1.14 bits per heavy atom. The fourth-order valence-electron chi connectivity index (χ4n) is 3.24. The molecule has 1 aliphatic carbocycles. The molecule has 1 N–H and O–H groups in total. The molecule has 3 heteroatoms. The first kappa shape index (κ1) is 16.0. The lowest BCUT2D eigenvalue weighted by atomic mass is 9.82. The van der Waals surface area contributed by atoms with Crippen molar-refractivity contribution in [3.05, 3.63) is 35.4 Å². The van der Waals surface area contributed by atoms with Gasteiger partial charge in [0.25, 0.3) is 5.91 Å². The molecule has 0 radical (unpaired) electrons. The van der Waals surface area contributed by atoms with Gasteiger partial charge in [0.2, 0.25) is 0 Å². The van der Waals surface area contributed by atoms with Gasteiger partial charge < -0.3 is 10.0 Å². The van der Waals surface area contributed by atoms with Crippen molar-refractivity contribution in [3.8, 4) is 0 Å². The molecular weight excluding hydrogens is 262 g/mol. The maximum Gasteiger partial charge on any atom is 0.253 e. The van der Waals surface area contributed by atoms with Crippen LogP contribution in [-0.4, -0.2) is 29.0 Å². The number of rotatable bonds is 5. The monoisotopic (exact) mass is 289 g/mol. The molecule has 1 saturated carbocycles. The third kappa shape index (κ3) is 3.85. The molecule has 1 amide bonds. The van der Waals surface area contributed by atoms with E-state index in [1.165, 1.54) is 19.3 Å². The first-order valence-electron chi connectivity index (χ1n) is 8.24. The summed E-state index contributed by atoms with van der Waals surface area (Å²) in [6, 6.07) is 7.52. The van der Waals surface area contributed by atoms with Crippen molar-refractivity contribution in [1.82, 2.24) is 4.90 Å². The van der Waals surface area contributed by atoms with E-state index >= 15 is 0 Å². The molecule has 0 aromatic heterocycles. The van der Waals surface area contributed by atoms with Crippen molar-refractivity contribution in [2.45, 2.75) is 52.1 Å². The van der Waals surface area contributed by atoms with Crippen LogP contribution in [0.4, 0.5) is 0 Å². The molecule has 3 nitrogen and oxygen atoms in total. The summed E-state index contributed by atoms with van der Waals surface area (Å²) in [5.74, 6) is 0.446. The fraction of sp³-hybridized carbons (Fsp3) is 0.611.